The first-order chi connectivity index (χ1) is 11.7. The number of benzene rings is 1. The Labute approximate surface area is 148 Å². The SMILES string of the molecule is CCCCCNc1ccc(C(=O)NCCc2cccc(Cl)c2)nc1. The highest BCUT2D eigenvalue weighted by molar-refractivity contribution is 6.30. The van der Waals surface area contributed by atoms with Crippen molar-refractivity contribution in [2.45, 2.75) is 32.6 Å². The molecule has 2 rings (SSSR count). The first-order valence-corrected chi connectivity index (χ1v) is 8.79. The maximum Gasteiger partial charge on any atom is 0.269 e. The van der Waals surface area contributed by atoms with Gasteiger partial charge in [0.15, 0.2) is 0 Å². The van der Waals surface area contributed by atoms with E-state index in [1.54, 1.807) is 12.3 Å². The number of carbonyl (C=O) groups is 1. The molecule has 128 valence electrons. The molecule has 0 aliphatic heterocycles. The summed E-state index contributed by atoms with van der Waals surface area (Å²) in [5.74, 6) is -0.158. The van der Waals surface area contributed by atoms with Gasteiger partial charge >= 0.3 is 0 Å². The van der Waals surface area contributed by atoms with E-state index in [9.17, 15) is 4.79 Å². The van der Waals surface area contributed by atoms with Gasteiger partial charge in [-0.3, -0.25) is 4.79 Å². The molecule has 1 heterocycles. The van der Waals surface area contributed by atoms with Crippen LogP contribution in [-0.2, 0) is 6.42 Å². The second-order valence-corrected chi connectivity index (χ2v) is 6.14. The number of rotatable bonds is 9. The Balaban J connectivity index is 1.75. The van der Waals surface area contributed by atoms with Crippen molar-refractivity contribution < 1.29 is 4.79 Å². The summed E-state index contributed by atoms with van der Waals surface area (Å²) in [5, 5.41) is 6.90. The lowest BCUT2D eigenvalue weighted by atomic mass is 10.1. The zero-order valence-corrected chi connectivity index (χ0v) is 14.8. The highest BCUT2D eigenvalue weighted by Gasteiger charge is 2.06. The van der Waals surface area contributed by atoms with E-state index in [0.717, 1.165) is 30.6 Å². The number of anilines is 1. The zero-order valence-electron chi connectivity index (χ0n) is 14.0. The van der Waals surface area contributed by atoms with E-state index >= 15 is 0 Å². The van der Waals surface area contributed by atoms with Crippen molar-refractivity contribution in [2.24, 2.45) is 0 Å². The quantitative estimate of drug-likeness (QED) is 0.666. The summed E-state index contributed by atoms with van der Waals surface area (Å²) in [5.41, 5.74) is 2.48. The molecule has 2 N–H and O–H groups in total. The predicted molar refractivity (Wildman–Crippen MR) is 99.7 cm³/mol. The van der Waals surface area contributed by atoms with Crippen molar-refractivity contribution in [3.05, 3.63) is 58.9 Å². The van der Waals surface area contributed by atoms with Crippen LogP contribution < -0.4 is 10.6 Å². The first kappa shape index (κ1) is 18.3. The minimum absolute atomic E-state index is 0.158. The van der Waals surface area contributed by atoms with Crippen molar-refractivity contribution in [2.75, 3.05) is 18.4 Å². The summed E-state index contributed by atoms with van der Waals surface area (Å²) >= 11 is 5.95. The maximum atomic E-state index is 12.1. The zero-order chi connectivity index (χ0) is 17.2. The largest absolute Gasteiger partial charge is 0.384 e. The number of hydrogen-bond donors (Lipinski definition) is 2. The number of hydrogen-bond acceptors (Lipinski definition) is 3. The molecule has 5 heteroatoms. The fourth-order valence-electron chi connectivity index (χ4n) is 2.34. The molecule has 0 unspecified atom stereocenters. The molecule has 0 spiro atoms. The van der Waals surface area contributed by atoms with E-state index in [4.69, 9.17) is 11.6 Å². The Hall–Kier alpha value is -2.07. The standard InChI is InChI=1S/C19H24ClN3O/c1-2-3-4-11-21-17-8-9-18(23-14-17)19(24)22-12-10-15-6-5-7-16(20)13-15/h5-9,13-14,21H,2-4,10-12H2,1H3,(H,22,24). The Kier molecular flexibility index (Phi) is 7.56. The van der Waals surface area contributed by atoms with Crippen LogP contribution in [0.5, 0.6) is 0 Å². The van der Waals surface area contributed by atoms with Crippen molar-refractivity contribution in [1.29, 1.82) is 0 Å². The van der Waals surface area contributed by atoms with Crippen LogP contribution in [-0.4, -0.2) is 24.0 Å². The van der Waals surface area contributed by atoms with Crippen LogP contribution in [0.4, 0.5) is 5.69 Å². The molecule has 0 aliphatic rings. The number of pyridine rings is 1. The van der Waals surface area contributed by atoms with Crippen LogP contribution in [0.3, 0.4) is 0 Å². The van der Waals surface area contributed by atoms with Gasteiger partial charge < -0.3 is 10.6 Å². The molecule has 0 saturated carbocycles. The summed E-state index contributed by atoms with van der Waals surface area (Å²) in [7, 11) is 0. The van der Waals surface area contributed by atoms with E-state index in [1.165, 1.54) is 12.8 Å². The maximum absolute atomic E-state index is 12.1. The van der Waals surface area contributed by atoms with Crippen LogP contribution in [0.15, 0.2) is 42.6 Å². The summed E-state index contributed by atoms with van der Waals surface area (Å²) in [6, 6.07) is 11.3. The molecule has 0 bridgehead atoms. The first-order valence-electron chi connectivity index (χ1n) is 8.41. The summed E-state index contributed by atoms with van der Waals surface area (Å²) in [6.45, 7) is 3.67. The molecular weight excluding hydrogens is 322 g/mol. The molecule has 4 nitrogen and oxygen atoms in total. The average Bonchev–Trinajstić information content (AvgIpc) is 2.59. The van der Waals surface area contributed by atoms with Gasteiger partial charge in [0.2, 0.25) is 0 Å². The molecule has 24 heavy (non-hydrogen) atoms. The fourth-order valence-corrected chi connectivity index (χ4v) is 2.56. The number of nitrogens with zero attached hydrogens (tertiary/aromatic N) is 1. The lowest BCUT2D eigenvalue weighted by Gasteiger charge is -2.07. The Morgan fingerprint density at radius 2 is 2.04 bits per heavy atom. The van der Waals surface area contributed by atoms with E-state index in [2.05, 4.69) is 22.5 Å². The monoisotopic (exact) mass is 345 g/mol. The van der Waals surface area contributed by atoms with Crippen LogP contribution in [0.2, 0.25) is 5.02 Å². The molecular formula is C19H24ClN3O. The third-order valence-corrected chi connectivity index (χ3v) is 3.93. The van der Waals surface area contributed by atoms with E-state index < -0.39 is 0 Å². The van der Waals surface area contributed by atoms with Gasteiger partial charge in [0.05, 0.1) is 11.9 Å². The number of aromatic nitrogens is 1. The average molecular weight is 346 g/mol. The number of unbranched alkanes of at least 4 members (excludes halogenated alkanes) is 2. The van der Waals surface area contributed by atoms with Gasteiger partial charge in [-0.05, 0) is 42.7 Å². The van der Waals surface area contributed by atoms with Crippen molar-refractivity contribution in [3.63, 3.8) is 0 Å². The molecule has 1 aromatic heterocycles. The minimum atomic E-state index is -0.158. The third kappa shape index (κ3) is 6.20. The summed E-state index contributed by atoms with van der Waals surface area (Å²) < 4.78 is 0. The molecule has 1 amide bonds. The van der Waals surface area contributed by atoms with E-state index in [-0.39, 0.29) is 5.91 Å². The van der Waals surface area contributed by atoms with E-state index in [1.807, 2.05) is 30.3 Å². The van der Waals surface area contributed by atoms with E-state index in [0.29, 0.717) is 17.3 Å². The highest BCUT2D eigenvalue weighted by Crippen LogP contribution is 2.11. The van der Waals surface area contributed by atoms with Crippen LogP contribution in [0.25, 0.3) is 0 Å². The number of nitrogens with one attached hydrogen (secondary N) is 2. The second kappa shape index (κ2) is 9.93. The highest BCUT2D eigenvalue weighted by atomic mass is 35.5. The van der Waals surface area contributed by atoms with Crippen molar-refractivity contribution >= 4 is 23.2 Å². The van der Waals surface area contributed by atoms with Gasteiger partial charge in [0, 0.05) is 18.1 Å². The van der Waals surface area contributed by atoms with Crippen molar-refractivity contribution in [3.8, 4) is 0 Å². The van der Waals surface area contributed by atoms with Crippen LogP contribution in [0.1, 0.15) is 42.2 Å². The lowest BCUT2D eigenvalue weighted by Crippen LogP contribution is -2.26. The Bertz CT molecular complexity index is 643. The van der Waals surface area contributed by atoms with Crippen molar-refractivity contribution in [1.82, 2.24) is 10.3 Å². The molecule has 0 atom stereocenters. The normalized spacial score (nSPS) is 10.4. The van der Waals surface area contributed by atoms with Crippen LogP contribution in [0, 0.1) is 0 Å². The lowest BCUT2D eigenvalue weighted by molar-refractivity contribution is 0.0949. The van der Waals surface area contributed by atoms with Gasteiger partial charge in [0.1, 0.15) is 5.69 Å². The predicted octanol–water partition coefficient (Wildman–Crippen LogP) is 4.31. The molecule has 0 aliphatic carbocycles. The summed E-state index contributed by atoms with van der Waals surface area (Å²) in [6.07, 6.45) is 6.01. The van der Waals surface area contributed by atoms with Gasteiger partial charge in [-0.25, -0.2) is 4.98 Å². The smallest absolute Gasteiger partial charge is 0.269 e. The molecule has 1 aromatic carbocycles. The second-order valence-electron chi connectivity index (χ2n) is 5.70. The molecule has 0 saturated heterocycles. The van der Waals surface area contributed by atoms with Crippen LogP contribution >= 0.6 is 11.6 Å². The molecule has 0 fully saturated rings. The third-order valence-electron chi connectivity index (χ3n) is 3.69. The topological polar surface area (TPSA) is 54.0 Å². The van der Waals surface area contributed by atoms with Gasteiger partial charge in [-0.15, -0.1) is 0 Å². The van der Waals surface area contributed by atoms with Gasteiger partial charge in [-0.1, -0.05) is 43.5 Å². The number of carbonyl (C=O) groups excluding carboxylic acids is 1. The van der Waals surface area contributed by atoms with Gasteiger partial charge in [0.25, 0.3) is 5.91 Å². The summed E-state index contributed by atoms with van der Waals surface area (Å²) in [4.78, 5) is 16.3. The molecule has 0 radical (unpaired) electrons. The Morgan fingerprint density at radius 3 is 2.75 bits per heavy atom. The molecule has 2 aromatic rings. The number of halogens is 1. The fraction of sp³-hybridized carbons (Fsp3) is 0.368. The van der Waals surface area contributed by atoms with Gasteiger partial charge in [-0.2, -0.15) is 0 Å². The minimum Gasteiger partial charge on any atom is -0.384 e. The Morgan fingerprint density at radius 1 is 1.17 bits per heavy atom. The number of amides is 1.